The number of nitrogen functional groups attached to an aromatic ring is 1. The third kappa shape index (κ3) is 4.24. The third-order valence-electron chi connectivity index (χ3n) is 3.36. The molecule has 6 nitrogen and oxygen atoms in total. The lowest BCUT2D eigenvalue weighted by Gasteiger charge is -2.10. The number of nitrogens with zero attached hydrogens (tertiary/aromatic N) is 3. The molecule has 3 rings (SSSR count). The van der Waals surface area contributed by atoms with Gasteiger partial charge in [0.25, 0.3) is 0 Å². The molecule has 10 heteroatoms. The minimum absolute atomic E-state index is 0.0204. The molecule has 0 bridgehead atoms. The van der Waals surface area contributed by atoms with Gasteiger partial charge in [-0.1, -0.05) is 64.8 Å². The van der Waals surface area contributed by atoms with Gasteiger partial charge >= 0.3 is 5.56 Å². The molecule has 0 saturated carbocycles. The van der Waals surface area contributed by atoms with Gasteiger partial charge in [0.05, 0.1) is 10.0 Å². The van der Waals surface area contributed by atoms with Crippen molar-refractivity contribution in [2.75, 3.05) is 11.2 Å². The van der Waals surface area contributed by atoms with Crippen molar-refractivity contribution < 1.29 is 0 Å². The zero-order valence-corrected chi connectivity index (χ0v) is 16.2. The van der Waals surface area contributed by atoms with Gasteiger partial charge in [0.1, 0.15) is 0 Å². The number of halogens is 3. The summed E-state index contributed by atoms with van der Waals surface area (Å²) in [6.07, 6.45) is 0. The monoisotopic (exact) mass is 427 g/mol. The first-order valence-electron chi connectivity index (χ1n) is 7.29. The molecule has 0 saturated heterocycles. The Morgan fingerprint density at radius 3 is 2.54 bits per heavy atom. The van der Waals surface area contributed by atoms with Crippen molar-refractivity contribution in [3.63, 3.8) is 0 Å². The van der Waals surface area contributed by atoms with Gasteiger partial charge in [0, 0.05) is 16.5 Å². The van der Waals surface area contributed by atoms with Crippen LogP contribution in [-0.2, 0) is 5.75 Å². The summed E-state index contributed by atoms with van der Waals surface area (Å²) < 4.78 is 0.939. The summed E-state index contributed by atoms with van der Waals surface area (Å²) in [6, 6.07) is 12.3. The Bertz CT molecular complexity index is 1010. The maximum atomic E-state index is 12.4. The maximum Gasteiger partial charge on any atom is 0.315 e. The molecule has 0 spiro atoms. The number of nitrogens with two attached hydrogens (primary N) is 1. The van der Waals surface area contributed by atoms with Crippen LogP contribution in [0.15, 0.2) is 52.4 Å². The van der Waals surface area contributed by atoms with Crippen LogP contribution >= 0.6 is 46.6 Å². The topological polar surface area (TPSA) is 85.8 Å². The van der Waals surface area contributed by atoms with E-state index in [1.165, 1.54) is 11.8 Å². The highest BCUT2D eigenvalue weighted by Crippen LogP contribution is 2.27. The smallest absolute Gasteiger partial charge is 0.315 e. The number of thioether (sulfide) groups is 1. The Morgan fingerprint density at radius 2 is 1.81 bits per heavy atom. The predicted molar refractivity (Wildman–Crippen MR) is 107 cm³/mol. The molecule has 0 radical (unpaired) electrons. The van der Waals surface area contributed by atoms with Crippen LogP contribution in [0.3, 0.4) is 0 Å². The van der Waals surface area contributed by atoms with Crippen LogP contribution in [0.5, 0.6) is 0 Å². The Morgan fingerprint density at radius 1 is 1.04 bits per heavy atom. The number of nitrogens with one attached hydrogen (secondary N) is 1. The van der Waals surface area contributed by atoms with Crippen molar-refractivity contribution in [3.8, 4) is 0 Å². The first-order valence-corrected chi connectivity index (χ1v) is 9.40. The van der Waals surface area contributed by atoms with Crippen LogP contribution < -0.4 is 16.7 Å². The summed E-state index contributed by atoms with van der Waals surface area (Å²) in [7, 11) is 0. The van der Waals surface area contributed by atoms with E-state index in [1.54, 1.807) is 24.3 Å². The number of rotatable bonds is 5. The van der Waals surface area contributed by atoms with Crippen LogP contribution in [0.4, 0.5) is 11.5 Å². The van der Waals surface area contributed by atoms with Crippen molar-refractivity contribution in [1.29, 1.82) is 0 Å². The second-order valence-corrected chi connectivity index (χ2v) is 7.30. The molecule has 0 aliphatic heterocycles. The van der Waals surface area contributed by atoms with Gasteiger partial charge in [-0.2, -0.15) is 4.68 Å². The molecule has 2 aromatic carbocycles. The van der Waals surface area contributed by atoms with Gasteiger partial charge in [-0.3, -0.25) is 4.79 Å². The van der Waals surface area contributed by atoms with E-state index < -0.39 is 5.56 Å². The second kappa shape index (κ2) is 8.18. The Kier molecular flexibility index (Phi) is 5.93. The normalized spacial score (nSPS) is 10.7. The molecular weight excluding hydrogens is 417 g/mol. The number of anilines is 2. The molecule has 1 aromatic heterocycles. The summed E-state index contributed by atoms with van der Waals surface area (Å²) >= 11 is 19.2. The Balaban J connectivity index is 1.79. The zero-order valence-electron chi connectivity index (χ0n) is 13.1. The van der Waals surface area contributed by atoms with E-state index in [4.69, 9.17) is 40.6 Å². The molecule has 0 fully saturated rings. The maximum absolute atomic E-state index is 12.4. The van der Waals surface area contributed by atoms with Crippen molar-refractivity contribution in [1.82, 2.24) is 14.9 Å². The summed E-state index contributed by atoms with van der Waals surface area (Å²) in [5.41, 5.74) is 0.932. The Hall–Kier alpha value is -1.93. The average Bonchev–Trinajstić information content (AvgIpc) is 2.63. The second-order valence-electron chi connectivity index (χ2n) is 5.14. The van der Waals surface area contributed by atoms with Crippen molar-refractivity contribution >= 4 is 58.1 Å². The van der Waals surface area contributed by atoms with Crippen molar-refractivity contribution in [2.45, 2.75) is 10.9 Å². The van der Waals surface area contributed by atoms with E-state index in [-0.39, 0.29) is 11.0 Å². The number of hydrogen-bond acceptors (Lipinski definition) is 6. The van der Waals surface area contributed by atoms with E-state index in [1.807, 2.05) is 18.2 Å². The molecule has 0 atom stereocenters. The molecule has 0 aliphatic carbocycles. The van der Waals surface area contributed by atoms with Gasteiger partial charge in [-0.15, -0.1) is 10.2 Å². The van der Waals surface area contributed by atoms with Gasteiger partial charge in [0.15, 0.2) is 0 Å². The first kappa shape index (κ1) is 18.8. The van der Waals surface area contributed by atoms with Crippen LogP contribution in [0.25, 0.3) is 0 Å². The van der Waals surface area contributed by atoms with E-state index in [0.29, 0.717) is 26.5 Å². The SMILES string of the molecule is Nn1c(SCc2ccccc2Cl)nnc(Nc2ccc(Cl)c(Cl)c2)c1=O. The fourth-order valence-electron chi connectivity index (χ4n) is 2.03. The molecule has 3 aromatic rings. The largest absolute Gasteiger partial charge is 0.334 e. The van der Waals surface area contributed by atoms with E-state index in [2.05, 4.69) is 15.5 Å². The quantitative estimate of drug-likeness (QED) is 0.464. The van der Waals surface area contributed by atoms with E-state index >= 15 is 0 Å². The zero-order chi connectivity index (χ0) is 18.7. The fourth-order valence-corrected chi connectivity index (χ4v) is 3.47. The molecule has 0 amide bonds. The van der Waals surface area contributed by atoms with Crippen LogP contribution in [0, 0.1) is 0 Å². The lowest BCUT2D eigenvalue weighted by Crippen LogP contribution is -2.32. The first-order chi connectivity index (χ1) is 12.5. The Labute approximate surface area is 168 Å². The minimum Gasteiger partial charge on any atom is -0.334 e. The molecular formula is C16H12Cl3N5OS. The summed E-state index contributed by atoms with van der Waals surface area (Å²) in [4.78, 5) is 12.4. The molecule has 0 unspecified atom stereocenters. The van der Waals surface area contributed by atoms with Crippen molar-refractivity contribution in [3.05, 3.63) is 73.4 Å². The highest BCUT2D eigenvalue weighted by Gasteiger charge is 2.12. The molecule has 0 aliphatic rings. The molecule has 26 heavy (non-hydrogen) atoms. The number of benzene rings is 2. The predicted octanol–water partition coefficient (Wildman–Crippen LogP) is 4.35. The standard InChI is InChI=1S/C16H12Cl3N5OS/c17-11-4-2-1-3-9(11)8-26-16-23-22-14(15(25)24(16)20)21-10-5-6-12(18)13(19)7-10/h1-7H,8,20H2,(H,21,22). The van der Waals surface area contributed by atoms with E-state index in [9.17, 15) is 4.79 Å². The molecule has 3 N–H and O–H groups in total. The highest BCUT2D eigenvalue weighted by atomic mass is 35.5. The van der Waals surface area contributed by atoms with Crippen LogP contribution in [0.2, 0.25) is 15.1 Å². The van der Waals surface area contributed by atoms with Crippen LogP contribution in [-0.4, -0.2) is 14.9 Å². The highest BCUT2D eigenvalue weighted by molar-refractivity contribution is 7.98. The van der Waals surface area contributed by atoms with Crippen molar-refractivity contribution in [2.24, 2.45) is 0 Å². The summed E-state index contributed by atoms with van der Waals surface area (Å²) in [5, 5.41) is 12.4. The van der Waals surface area contributed by atoms with Crippen LogP contribution in [0.1, 0.15) is 5.56 Å². The summed E-state index contributed by atoms with van der Waals surface area (Å²) in [5.74, 6) is 6.34. The summed E-state index contributed by atoms with van der Waals surface area (Å²) in [6.45, 7) is 0. The van der Waals surface area contributed by atoms with Gasteiger partial charge in [-0.05, 0) is 29.8 Å². The third-order valence-corrected chi connectivity index (χ3v) is 5.46. The van der Waals surface area contributed by atoms with Gasteiger partial charge in [-0.25, -0.2) is 0 Å². The van der Waals surface area contributed by atoms with Gasteiger partial charge < -0.3 is 11.2 Å². The number of aromatic nitrogens is 3. The van der Waals surface area contributed by atoms with Gasteiger partial charge in [0.2, 0.25) is 11.0 Å². The average molecular weight is 429 g/mol. The molecule has 134 valence electrons. The fraction of sp³-hybridized carbons (Fsp3) is 0.0625. The minimum atomic E-state index is -0.521. The van der Waals surface area contributed by atoms with E-state index in [0.717, 1.165) is 10.2 Å². The molecule has 1 heterocycles. The lowest BCUT2D eigenvalue weighted by molar-refractivity contribution is 0.705. The number of hydrogen-bond donors (Lipinski definition) is 2. The lowest BCUT2D eigenvalue weighted by atomic mass is 10.2.